The normalized spacial score (nSPS) is 36.1. The van der Waals surface area contributed by atoms with E-state index < -0.39 is 0 Å². The Morgan fingerprint density at radius 3 is 2.78 bits per heavy atom. The van der Waals surface area contributed by atoms with Crippen LogP contribution in [-0.4, -0.2) is 10.9 Å². The third kappa shape index (κ3) is 2.06. The smallest absolute Gasteiger partial charge is 0.0345 e. The third-order valence-electron chi connectivity index (χ3n) is 1.47. The van der Waals surface area contributed by atoms with Gasteiger partial charge < -0.3 is 5.73 Å². The molecule has 0 bridgehead atoms. The van der Waals surface area contributed by atoms with Gasteiger partial charge in [-0.05, 0) is 17.3 Å². The Bertz CT molecular complexity index is 133. The fourth-order valence-electron chi connectivity index (χ4n) is 0.833. The van der Waals surface area contributed by atoms with Crippen LogP contribution in [0.4, 0.5) is 0 Å². The van der Waals surface area contributed by atoms with Gasteiger partial charge in [0.1, 0.15) is 0 Å². The van der Waals surface area contributed by atoms with Crippen LogP contribution in [0.25, 0.3) is 0 Å². The molecule has 0 saturated carbocycles. The van der Waals surface area contributed by atoms with Crippen molar-refractivity contribution in [1.29, 1.82) is 0 Å². The van der Waals surface area contributed by atoms with Crippen LogP contribution in [0.5, 0.6) is 0 Å². The van der Waals surface area contributed by atoms with Gasteiger partial charge in [0, 0.05) is 10.9 Å². The van der Waals surface area contributed by atoms with Crippen molar-refractivity contribution in [2.45, 2.75) is 23.7 Å². The minimum absolute atomic E-state index is 0.297. The van der Waals surface area contributed by atoms with E-state index in [-0.39, 0.29) is 0 Å². The topological polar surface area (TPSA) is 26.0 Å². The summed E-state index contributed by atoms with van der Waals surface area (Å²) in [6.45, 7) is 0. The van der Waals surface area contributed by atoms with Crippen LogP contribution in [0.3, 0.4) is 0 Å². The van der Waals surface area contributed by atoms with Gasteiger partial charge >= 0.3 is 0 Å². The van der Waals surface area contributed by atoms with E-state index in [1.165, 1.54) is 4.48 Å². The van der Waals surface area contributed by atoms with Gasteiger partial charge in [-0.2, -0.15) is 0 Å². The molecule has 2 N–H and O–H groups in total. The van der Waals surface area contributed by atoms with E-state index in [0.29, 0.717) is 10.9 Å². The SMILES string of the molecule is NC1CC=C(Br)CC1Br. The highest BCUT2D eigenvalue weighted by atomic mass is 79.9. The largest absolute Gasteiger partial charge is 0.326 e. The minimum Gasteiger partial charge on any atom is -0.326 e. The molecule has 0 aliphatic heterocycles. The molecule has 0 radical (unpaired) electrons. The zero-order chi connectivity index (χ0) is 6.85. The van der Waals surface area contributed by atoms with Crippen molar-refractivity contribution in [3.63, 3.8) is 0 Å². The van der Waals surface area contributed by atoms with E-state index in [4.69, 9.17) is 5.73 Å². The van der Waals surface area contributed by atoms with Crippen molar-refractivity contribution >= 4 is 31.9 Å². The Hall–Kier alpha value is 0.660. The van der Waals surface area contributed by atoms with Crippen molar-refractivity contribution in [2.24, 2.45) is 5.73 Å². The van der Waals surface area contributed by atoms with E-state index in [2.05, 4.69) is 37.9 Å². The number of rotatable bonds is 0. The molecule has 0 amide bonds. The van der Waals surface area contributed by atoms with Crippen LogP contribution < -0.4 is 5.73 Å². The fourth-order valence-corrected chi connectivity index (χ4v) is 2.37. The summed E-state index contributed by atoms with van der Waals surface area (Å²) in [6.07, 6.45) is 4.15. The molecule has 9 heavy (non-hydrogen) atoms. The Balaban J connectivity index is 2.54. The average molecular weight is 255 g/mol. The third-order valence-corrected chi connectivity index (χ3v) is 3.12. The van der Waals surface area contributed by atoms with Crippen molar-refractivity contribution in [3.05, 3.63) is 10.6 Å². The number of nitrogens with two attached hydrogens (primary N) is 1. The molecule has 0 aromatic rings. The number of halogens is 2. The van der Waals surface area contributed by atoms with E-state index in [1.807, 2.05) is 0 Å². The Morgan fingerprint density at radius 1 is 1.67 bits per heavy atom. The summed E-state index contributed by atoms with van der Waals surface area (Å²) in [5, 5.41) is 0. The molecular formula is C6H9Br2N. The number of hydrogen-bond acceptors (Lipinski definition) is 1. The number of allylic oxidation sites excluding steroid dienone is 1. The molecule has 2 unspecified atom stereocenters. The predicted molar refractivity (Wildman–Crippen MR) is 46.9 cm³/mol. The summed E-state index contributed by atoms with van der Waals surface area (Å²) in [6, 6.07) is 0.297. The molecule has 1 rings (SSSR count). The lowest BCUT2D eigenvalue weighted by molar-refractivity contribution is 0.627. The summed E-state index contributed by atoms with van der Waals surface area (Å²) in [5.41, 5.74) is 5.73. The van der Waals surface area contributed by atoms with E-state index >= 15 is 0 Å². The molecule has 0 fully saturated rings. The quantitative estimate of drug-likeness (QED) is 0.659. The zero-order valence-corrected chi connectivity index (χ0v) is 8.15. The fraction of sp³-hybridized carbons (Fsp3) is 0.667. The molecule has 1 aliphatic carbocycles. The first kappa shape index (κ1) is 7.76. The highest BCUT2D eigenvalue weighted by Crippen LogP contribution is 2.26. The summed E-state index contributed by atoms with van der Waals surface area (Å²) >= 11 is 6.93. The van der Waals surface area contributed by atoms with Crippen molar-refractivity contribution in [1.82, 2.24) is 0 Å². The van der Waals surface area contributed by atoms with Gasteiger partial charge in [0.25, 0.3) is 0 Å². The summed E-state index contributed by atoms with van der Waals surface area (Å²) in [5.74, 6) is 0. The second-order valence-corrected chi connectivity index (χ2v) is 4.47. The lowest BCUT2D eigenvalue weighted by Gasteiger charge is -2.21. The molecule has 1 nitrogen and oxygen atoms in total. The summed E-state index contributed by atoms with van der Waals surface area (Å²) in [7, 11) is 0. The first-order valence-corrected chi connectivity index (χ1v) is 4.65. The lowest BCUT2D eigenvalue weighted by Crippen LogP contribution is -2.32. The molecular weight excluding hydrogens is 246 g/mol. The second-order valence-electron chi connectivity index (χ2n) is 2.27. The van der Waals surface area contributed by atoms with Gasteiger partial charge in [0.05, 0.1) is 0 Å². The summed E-state index contributed by atoms with van der Waals surface area (Å²) in [4.78, 5) is 0.455. The maximum Gasteiger partial charge on any atom is 0.0345 e. The predicted octanol–water partition coefficient (Wildman–Crippen LogP) is 2.15. The monoisotopic (exact) mass is 253 g/mol. The first-order chi connectivity index (χ1) is 4.20. The highest BCUT2D eigenvalue weighted by Gasteiger charge is 2.18. The lowest BCUT2D eigenvalue weighted by atomic mass is 10.0. The van der Waals surface area contributed by atoms with Gasteiger partial charge in [-0.25, -0.2) is 0 Å². The van der Waals surface area contributed by atoms with Crippen molar-refractivity contribution < 1.29 is 0 Å². The Labute approximate surface area is 71.9 Å². The van der Waals surface area contributed by atoms with Crippen LogP contribution in [0, 0.1) is 0 Å². The van der Waals surface area contributed by atoms with E-state index in [0.717, 1.165) is 12.8 Å². The second kappa shape index (κ2) is 3.17. The molecule has 0 aromatic carbocycles. The highest BCUT2D eigenvalue weighted by molar-refractivity contribution is 9.12. The maximum absolute atomic E-state index is 5.73. The molecule has 0 spiro atoms. The molecule has 2 atom stereocenters. The molecule has 3 heteroatoms. The maximum atomic E-state index is 5.73. The van der Waals surface area contributed by atoms with E-state index in [9.17, 15) is 0 Å². The first-order valence-electron chi connectivity index (χ1n) is 2.94. The molecule has 0 aromatic heterocycles. The number of alkyl halides is 1. The van der Waals surface area contributed by atoms with Gasteiger partial charge in [0.2, 0.25) is 0 Å². The van der Waals surface area contributed by atoms with Crippen LogP contribution in [0.2, 0.25) is 0 Å². The van der Waals surface area contributed by atoms with E-state index in [1.54, 1.807) is 0 Å². The van der Waals surface area contributed by atoms with Gasteiger partial charge in [-0.3, -0.25) is 0 Å². The van der Waals surface area contributed by atoms with Crippen LogP contribution in [0.15, 0.2) is 10.6 Å². The van der Waals surface area contributed by atoms with Gasteiger partial charge in [-0.1, -0.05) is 37.9 Å². The molecule has 1 aliphatic rings. The van der Waals surface area contributed by atoms with Gasteiger partial charge in [0.15, 0.2) is 0 Å². The van der Waals surface area contributed by atoms with Crippen molar-refractivity contribution in [3.8, 4) is 0 Å². The Morgan fingerprint density at radius 2 is 2.33 bits per heavy atom. The van der Waals surface area contributed by atoms with Crippen molar-refractivity contribution in [2.75, 3.05) is 0 Å². The Kier molecular flexibility index (Phi) is 2.73. The van der Waals surface area contributed by atoms with Crippen LogP contribution in [0.1, 0.15) is 12.8 Å². The molecule has 0 heterocycles. The zero-order valence-electron chi connectivity index (χ0n) is 4.98. The average Bonchev–Trinajstić information content (AvgIpc) is 1.80. The standard InChI is InChI=1S/C6H9Br2N/c7-4-1-2-6(9)5(8)3-4/h1,5-6H,2-3,9H2. The molecule has 52 valence electrons. The number of hydrogen-bond donors (Lipinski definition) is 1. The van der Waals surface area contributed by atoms with Crippen LogP contribution >= 0.6 is 31.9 Å². The summed E-state index contributed by atoms with van der Waals surface area (Å²) < 4.78 is 1.27. The van der Waals surface area contributed by atoms with Gasteiger partial charge in [-0.15, -0.1) is 0 Å². The van der Waals surface area contributed by atoms with Crippen LogP contribution in [-0.2, 0) is 0 Å². The minimum atomic E-state index is 0.297. The molecule has 0 saturated heterocycles.